The molecule has 2 aromatic rings. The second-order valence-electron chi connectivity index (χ2n) is 5.57. The van der Waals surface area contributed by atoms with Gasteiger partial charge in [-0.1, -0.05) is 6.07 Å². The predicted octanol–water partition coefficient (Wildman–Crippen LogP) is 1.41. The third-order valence-electron chi connectivity index (χ3n) is 3.84. The van der Waals surface area contributed by atoms with Crippen molar-refractivity contribution in [1.82, 2.24) is 15.6 Å². The molecule has 1 unspecified atom stereocenters. The zero-order valence-corrected chi connectivity index (χ0v) is 12.0. The van der Waals surface area contributed by atoms with Crippen LogP contribution in [0.25, 0.3) is 10.9 Å². The monoisotopic (exact) mass is 285 g/mol. The standard InChI is InChI=1S/C16H19N3O2/c1-10-8-12-9-11(2-3-13(12)18-10)6-7-17-16(21)14-4-5-15(20)19-14/h2-3,8-9,14,18H,4-7H2,1H3,(H,17,21)(H,19,20). The molecule has 3 rings (SSSR count). The molecule has 0 aliphatic carbocycles. The lowest BCUT2D eigenvalue weighted by Gasteiger charge is -2.10. The Labute approximate surface area is 123 Å². The fraction of sp³-hybridized carbons (Fsp3) is 0.375. The Bertz CT molecular complexity index is 690. The summed E-state index contributed by atoms with van der Waals surface area (Å²) in [6.45, 7) is 2.62. The molecule has 110 valence electrons. The van der Waals surface area contributed by atoms with Crippen LogP contribution >= 0.6 is 0 Å². The highest BCUT2D eigenvalue weighted by molar-refractivity contribution is 5.90. The molecule has 0 spiro atoms. The Morgan fingerprint density at radius 2 is 2.24 bits per heavy atom. The second kappa shape index (κ2) is 5.60. The first-order valence-corrected chi connectivity index (χ1v) is 7.27. The van der Waals surface area contributed by atoms with Gasteiger partial charge in [0.15, 0.2) is 0 Å². The molecule has 21 heavy (non-hydrogen) atoms. The molecule has 2 amide bonds. The second-order valence-corrected chi connectivity index (χ2v) is 5.57. The Morgan fingerprint density at radius 3 is 3.00 bits per heavy atom. The van der Waals surface area contributed by atoms with Gasteiger partial charge in [0.05, 0.1) is 0 Å². The number of fused-ring (bicyclic) bond motifs is 1. The largest absolute Gasteiger partial charge is 0.359 e. The van der Waals surface area contributed by atoms with Gasteiger partial charge in [-0.05, 0) is 48.9 Å². The molecular formula is C16H19N3O2. The van der Waals surface area contributed by atoms with Crippen LogP contribution < -0.4 is 10.6 Å². The van der Waals surface area contributed by atoms with Gasteiger partial charge >= 0.3 is 0 Å². The van der Waals surface area contributed by atoms with E-state index >= 15 is 0 Å². The molecule has 1 saturated heterocycles. The van der Waals surface area contributed by atoms with E-state index in [1.165, 1.54) is 10.9 Å². The fourth-order valence-corrected chi connectivity index (χ4v) is 2.75. The number of benzene rings is 1. The van der Waals surface area contributed by atoms with E-state index in [0.717, 1.165) is 17.6 Å². The van der Waals surface area contributed by atoms with Crippen LogP contribution in [0.15, 0.2) is 24.3 Å². The molecule has 5 nitrogen and oxygen atoms in total. The third-order valence-corrected chi connectivity index (χ3v) is 3.84. The zero-order chi connectivity index (χ0) is 14.8. The van der Waals surface area contributed by atoms with Gasteiger partial charge in [0.25, 0.3) is 0 Å². The summed E-state index contributed by atoms with van der Waals surface area (Å²) in [6, 6.07) is 8.04. The number of hydrogen-bond acceptors (Lipinski definition) is 2. The van der Waals surface area contributed by atoms with Gasteiger partial charge in [-0.15, -0.1) is 0 Å². The van der Waals surface area contributed by atoms with E-state index in [9.17, 15) is 9.59 Å². The first-order valence-electron chi connectivity index (χ1n) is 7.27. The summed E-state index contributed by atoms with van der Waals surface area (Å²) in [6.07, 6.45) is 1.83. The number of H-pyrrole nitrogens is 1. The van der Waals surface area contributed by atoms with Crippen molar-refractivity contribution in [3.05, 3.63) is 35.5 Å². The van der Waals surface area contributed by atoms with Gasteiger partial charge < -0.3 is 15.6 Å². The van der Waals surface area contributed by atoms with E-state index < -0.39 is 0 Å². The number of aryl methyl sites for hydroxylation is 1. The summed E-state index contributed by atoms with van der Waals surface area (Å²) in [5.41, 5.74) is 3.47. The lowest BCUT2D eigenvalue weighted by molar-refractivity contribution is -0.125. The van der Waals surface area contributed by atoms with Gasteiger partial charge in [0.1, 0.15) is 6.04 Å². The molecule has 1 fully saturated rings. The van der Waals surface area contributed by atoms with Crippen molar-refractivity contribution in [2.45, 2.75) is 32.2 Å². The topological polar surface area (TPSA) is 74.0 Å². The number of carbonyl (C=O) groups is 2. The van der Waals surface area contributed by atoms with E-state index in [-0.39, 0.29) is 17.9 Å². The Balaban J connectivity index is 1.54. The number of hydrogen-bond donors (Lipinski definition) is 3. The Hall–Kier alpha value is -2.30. The highest BCUT2D eigenvalue weighted by Crippen LogP contribution is 2.17. The molecule has 0 saturated carbocycles. The number of rotatable bonds is 4. The van der Waals surface area contributed by atoms with E-state index in [4.69, 9.17) is 0 Å². The summed E-state index contributed by atoms with van der Waals surface area (Å²) >= 11 is 0. The van der Waals surface area contributed by atoms with Crippen molar-refractivity contribution in [3.8, 4) is 0 Å². The number of aromatic amines is 1. The molecule has 3 N–H and O–H groups in total. The minimum absolute atomic E-state index is 0.0385. The average molecular weight is 285 g/mol. The number of aromatic nitrogens is 1. The lowest BCUT2D eigenvalue weighted by atomic mass is 10.1. The van der Waals surface area contributed by atoms with Crippen LogP contribution in [-0.4, -0.2) is 29.4 Å². The summed E-state index contributed by atoms with van der Waals surface area (Å²) in [5, 5.41) is 6.75. The minimum Gasteiger partial charge on any atom is -0.359 e. The maximum absolute atomic E-state index is 11.9. The van der Waals surface area contributed by atoms with Crippen molar-refractivity contribution in [2.24, 2.45) is 0 Å². The normalized spacial score (nSPS) is 18.0. The van der Waals surface area contributed by atoms with Crippen LogP contribution in [0, 0.1) is 6.92 Å². The summed E-state index contributed by atoms with van der Waals surface area (Å²) in [7, 11) is 0. The smallest absolute Gasteiger partial charge is 0.242 e. The molecule has 1 aliphatic rings. The van der Waals surface area contributed by atoms with Crippen molar-refractivity contribution in [3.63, 3.8) is 0 Å². The van der Waals surface area contributed by atoms with E-state index in [1.54, 1.807) is 0 Å². The van der Waals surface area contributed by atoms with Crippen molar-refractivity contribution >= 4 is 22.7 Å². The molecule has 1 atom stereocenters. The van der Waals surface area contributed by atoms with Crippen LogP contribution in [0.4, 0.5) is 0 Å². The first kappa shape index (κ1) is 13.7. The lowest BCUT2D eigenvalue weighted by Crippen LogP contribution is -2.42. The number of carbonyl (C=O) groups excluding carboxylic acids is 2. The highest BCUT2D eigenvalue weighted by atomic mass is 16.2. The SMILES string of the molecule is Cc1cc2cc(CCNC(=O)C3CCC(=O)N3)ccc2[nH]1. The van der Waals surface area contributed by atoms with Crippen LogP contribution in [-0.2, 0) is 16.0 Å². The van der Waals surface area contributed by atoms with Gasteiger partial charge in [-0.3, -0.25) is 9.59 Å². The van der Waals surface area contributed by atoms with E-state index in [1.807, 2.05) is 6.92 Å². The highest BCUT2D eigenvalue weighted by Gasteiger charge is 2.26. The predicted molar refractivity (Wildman–Crippen MR) is 80.9 cm³/mol. The minimum atomic E-state index is -0.354. The molecular weight excluding hydrogens is 266 g/mol. The maximum atomic E-state index is 11.9. The summed E-state index contributed by atoms with van der Waals surface area (Å²) in [4.78, 5) is 26.2. The molecule has 0 radical (unpaired) electrons. The Kier molecular flexibility index (Phi) is 3.64. The van der Waals surface area contributed by atoms with Crippen LogP contribution in [0.2, 0.25) is 0 Å². The maximum Gasteiger partial charge on any atom is 0.242 e. The van der Waals surface area contributed by atoms with E-state index in [2.05, 4.69) is 39.9 Å². The molecule has 0 bridgehead atoms. The van der Waals surface area contributed by atoms with Gasteiger partial charge in [0.2, 0.25) is 11.8 Å². The molecule has 1 aromatic heterocycles. The number of nitrogens with one attached hydrogen (secondary N) is 3. The number of amides is 2. The van der Waals surface area contributed by atoms with E-state index in [0.29, 0.717) is 19.4 Å². The first-order chi connectivity index (χ1) is 10.1. The van der Waals surface area contributed by atoms with Gasteiger partial charge in [-0.25, -0.2) is 0 Å². The Morgan fingerprint density at radius 1 is 1.38 bits per heavy atom. The van der Waals surface area contributed by atoms with Gasteiger partial charge in [-0.2, -0.15) is 0 Å². The van der Waals surface area contributed by atoms with Gasteiger partial charge in [0, 0.05) is 24.2 Å². The van der Waals surface area contributed by atoms with Crippen molar-refractivity contribution in [1.29, 1.82) is 0 Å². The summed E-state index contributed by atoms with van der Waals surface area (Å²) < 4.78 is 0. The molecule has 1 aromatic carbocycles. The fourth-order valence-electron chi connectivity index (χ4n) is 2.75. The van der Waals surface area contributed by atoms with Crippen LogP contribution in [0.5, 0.6) is 0 Å². The molecule has 5 heteroatoms. The molecule has 2 heterocycles. The zero-order valence-electron chi connectivity index (χ0n) is 12.0. The van der Waals surface area contributed by atoms with Crippen molar-refractivity contribution < 1.29 is 9.59 Å². The quantitative estimate of drug-likeness (QED) is 0.794. The van der Waals surface area contributed by atoms with Crippen LogP contribution in [0.1, 0.15) is 24.1 Å². The van der Waals surface area contributed by atoms with Crippen molar-refractivity contribution in [2.75, 3.05) is 6.54 Å². The average Bonchev–Trinajstić information content (AvgIpc) is 3.03. The summed E-state index contributed by atoms with van der Waals surface area (Å²) in [5.74, 6) is -0.122. The third kappa shape index (κ3) is 3.07. The molecule has 1 aliphatic heterocycles. The van der Waals surface area contributed by atoms with Crippen LogP contribution in [0.3, 0.4) is 0 Å².